The van der Waals surface area contributed by atoms with E-state index in [1.54, 1.807) is 48.5 Å². The van der Waals surface area contributed by atoms with E-state index in [1.807, 2.05) is 6.07 Å². The minimum atomic E-state index is -0.345. The van der Waals surface area contributed by atoms with Crippen LogP contribution in [0.5, 0.6) is 5.75 Å². The smallest absolute Gasteiger partial charge is 0.262 e. The molecule has 1 saturated heterocycles. The first-order valence-corrected chi connectivity index (χ1v) is 12.3. The van der Waals surface area contributed by atoms with E-state index in [4.69, 9.17) is 16.3 Å². The Morgan fingerprint density at radius 2 is 1.72 bits per heavy atom. The first-order chi connectivity index (χ1) is 17.4. The van der Waals surface area contributed by atoms with E-state index < -0.39 is 0 Å². The minimum absolute atomic E-state index is 0.181. The molecule has 1 aliphatic heterocycles. The second-order valence-corrected chi connectivity index (χ2v) is 9.44. The van der Waals surface area contributed by atoms with Crippen molar-refractivity contribution >= 4 is 34.8 Å². The fraction of sp³-hybridized carbons (Fsp3) is 0.286. The van der Waals surface area contributed by atoms with Gasteiger partial charge in [-0.05, 0) is 78.9 Å². The molecular weight excluding hydrogens is 481 g/mol. The Morgan fingerprint density at radius 1 is 1.03 bits per heavy atom. The van der Waals surface area contributed by atoms with Crippen LogP contribution in [0.4, 0.5) is 15.8 Å². The first-order valence-electron chi connectivity index (χ1n) is 12.0. The predicted octanol–water partition coefficient (Wildman–Crippen LogP) is 5.66. The maximum atomic E-state index is 13.2. The molecule has 0 aliphatic carbocycles. The monoisotopic (exact) mass is 509 g/mol. The molecule has 1 heterocycles. The Bertz CT molecular complexity index is 1190. The van der Waals surface area contributed by atoms with Crippen LogP contribution >= 0.6 is 11.6 Å². The number of hydrogen-bond acceptors (Lipinski definition) is 4. The minimum Gasteiger partial charge on any atom is -0.484 e. The summed E-state index contributed by atoms with van der Waals surface area (Å²) in [6.45, 7) is 4.04. The topological polar surface area (TPSA) is 70.7 Å². The molecule has 1 fully saturated rings. The number of piperidine rings is 1. The van der Waals surface area contributed by atoms with Crippen molar-refractivity contribution in [3.8, 4) is 5.75 Å². The van der Waals surface area contributed by atoms with Crippen LogP contribution in [0, 0.1) is 11.7 Å². The van der Waals surface area contributed by atoms with E-state index in [9.17, 15) is 14.0 Å². The number of amides is 2. The van der Waals surface area contributed by atoms with Crippen LogP contribution in [0.15, 0.2) is 66.7 Å². The molecule has 6 nitrogen and oxygen atoms in total. The number of carbonyl (C=O) groups is 2. The molecule has 0 bridgehead atoms. The maximum Gasteiger partial charge on any atom is 0.262 e. The summed E-state index contributed by atoms with van der Waals surface area (Å²) in [5, 5.41) is 6.31. The summed E-state index contributed by atoms with van der Waals surface area (Å²) in [5.74, 6) is 0.250. The van der Waals surface area contributed by atoms with E-state index in [0.29, 0.717) is 27.9 Å². The number of ether oxygens (including phenoxy) is 1. The van der Waals surface area contributed by atoms with Crippen LogP contribution in [0.1, 0.15) is 35.7 Å². The van der Waals surface area contributed by atoms with Crippen molar-refractivity contribution in [2.24, 2.45) is 5.92 Å². The number of nitrogens with zero attached hydrogens (tertiary/aromatic N) is 1. The Hall–Kier alpha value is -3.58. The fourth-order valence-corrected chi connectivity index (χ4v) is 4.20. The van der Waals surface area contributed by atoms with Gasteiger partial charge in [-0.25, -0.2) is 4.39 Å². The maximum absolute atomic E-state index is 13.2. The Balaban J connectivity index is 1.47. The van der Waals surface area contributed by atoms with E-state index in [-0.39, 0.29) is 30.8 Å². The van der Waals surface area contributed by atoms with Crippen molar-refractivity contribution in [1.82, 2.24) is 5.32 Å². The molecule has 8 heteroatoms. The van der Waals surface area contributed by atoms with Crippen molar-refractivity contribution < 1.29 is 18.7 Å². The van der Waals surface area contributed by atoms with Gasteiger partial charge in [-0.3, -0.25) is 9.59 Å². The van der Waals surface area contributed by atoms with Crippen LogP contribution in [-0.2, 0) is 11.3 Å². The SMILES string of the molecule is CC1CCN(c2ccc(NC(=O)COc3ccc(Cl)cc3)cc2C(=O)NCc2ccc(F)cc2)CC1. The molecule has 3 aromatic rings. The molecule has 0 saturated carbocycles. The number of benzene rings is 3. The van der Waals surface area contributed by atoms with Crippen molar-refractivity contribution in [2.75, 3.05) is 29.9 Å². The van der Waals surface area contributed by atoms with E-state index in [2.05, 4.69) is 22.5 Å². The van der Waals surface area contributed by atoms with Gasteiger partial charge < -0.3 is 20.3 Å². The summed E-state index contributed by atoms with van der Waals surface area (Å²) in [7, 11) is 0. The van der Waals surface area contributed by atoms with Crippen LogP contribution in [-0.4, -0.2) is 31.5 Å². The van der Waals surface area contributed by atoms with Crippen molar-refractivity contribution in [2.45, 2.75) is 26.3 Å². The molecular formula is C28H29ClFN3O3. The molecule has 2 amide bonds. The summed E-state index contributed by atoms with van der Waals surface area (Å²) in [6, 6.07) is 18.1. The third kappa shape index (κ3) is 6.98. The predicted molar refractivity (Wildman–Crippen MR) is 140 cm³/mol. The van der Waals surface area contributed by atoms with Gasteiger partial charge >= 0.3 is 0 Å². The van der Waals surface area contributed by atoms with E-state index >= 15 is 0 Å². The summed E-state index contributed by atoms with van der Waals surface area (Å²) in [6.07, 6.45) is 2.11. The van der Waals surface area contributed by atoms with Gasteiger partial charge in [0.05, 0.1) is 5.56 Å². The molecule has 3 aromatic carbocycles. The average molecular weight is 510 g/mol. The highest BCUT2D eigenvalue weighted by Crippen LogP contribution is 2.29. The Labute approximate surface area is 215 Å². The number of halogens is 2. The molecule has 1 aliphatic rings. The van der Waals surface area contributed by atoms with Gasteiger partial charge in [0.15, 0.2) is 6.61 Å². The molecule has 0 spiro atoms. The standard InChI is InChI=1S/C28H29ClFN3O3/c1-19-12-14-33(15-13-19)26-11-8-23(32-27(34)18-36-24-9-4-21(29)5-10-24)16-25(26)28(35)31-17-20-2-6-22(30)7-3-20/h2-11,16,19H,12-15,17-18H2,1H3,(H,31,35)(H,32,34). The van der Waals surface area contributed by atoms with Gasteiger partial charge in [0.2, 0.25) is 0 Å². The number of rotatable bonds is 8. The Morgan fingerprint density at radius 3 is 2.42 bits per heavy atom. The van der Waals surface area contributed by atoms with Crippen molar-refractivity contribution in [3.05, 3.63) is 88.7 Å². The third-order valence-electron chi connectivity index (χ3n) is 6.20. The molecule has 4 rings (SSSR count). The lowest BCUT2D eigenvalue weighted by Gasteiger charge is -2.33. The highest BCUT2D eigenvalue weighted by Gasteiger charge is 2.22. The number of anilines is 2. The summed E-state index contributed by atoms with van der Waals surface area (Å²) < 4.78 is 18.7. The second-order valence-electron chi connectivity index (χ2n) is 9.00. The lowest BCUT2D eigenvalue weighted by atomic mass is 9.97. The summed E-state index contributed by atoms with van der Waals surface area (Å²) in [4.78, 5) is 27.9. The first kappa shape index (κ1) is 25.5. The highest BCUT2D eigenvalue weighted by atomic mass is 35.5. The quantitative estimate of drug-likeness (QED) is 0.411. The lowest BCUT2D eigenvalue weighted by Crippen LogP contribution is -2.35. The van der Waals surface area contributed by atoms with E-state index in [0.717, 1.165) is 37.2 Å². The summed E-state index contributed by atoms with van der Waals surface area (Å²) >= 11 is 5.88. The lowest BCUT2D eigenvalue weighted by molar-refractivity contribution is -0.118. The van der Waals surface area contributed by atoms with Crippen LogP contribution in [0.3, 0.4) is 0 Å². The van der Waals surface area contributed by atoms with Gasteiger partial charge in [-0.15, -0.1) is 0 Å². The van der Waals surface area contributed by atoms with Gasteiger partial charge in [0, 0.05) is 36.0 Å². The zero-order valence-corrected chi connectivity index (χ0v) is 20.9. The van der Waals surface area contributed by atoms with Gasteiger partial charge in [0.25, 0.3) is 11.8 Å². The molecule has 0 radical (unpaired) electrons. The molecule has 188 valence electrons. The van der Waals surface area contributed by atoms with Crippen LogP contribution in [0.2, 0.25) is 5.02 Å². The zero-order chi connectivity index (χ0) is 25.5. The third-order valence-corrected chi connectivity index (χ3v) is 6.45. The summed E-state index contributed by atoms with van der Waals surface area (Å²) in [5.41, 5.74) is 2.60. The second kappa shape index (κ2) is 11.9. The molecule has 2 N–H and O–H groups in total. The highest BCUT2D eigenvalue weighted by molar-refractivity contribution is 6.30. The fourth-order valence-electron chi connectivity index (χ4n) is 4.08. The molecule has 0 aromatic heterocycles. The number of carbonyl (C=O) groups excluding carboxylic acids is 2. The zero-order valence-electron chi connectivity index (χ0n) is 20.1. The van der Waals surface area contributed by atoms with Crippen molar-refractivity contribution in [1.29, 1.82) is 0 Å². The molecule has 0 unspecified atom stereocenters. The Kier molecular flexibility index (Phi) is 8.44. The molecule has 36 heavy (non-hydrogen) atoms. The van der Waals surface area contributed by atoms with Gasteiger partial charge in [-0.2, -0.15) is 0 Å². The van der Waals surface area contributed by atoms with Gasteiger partial charge in [0.1, 0.15) is 11.6 Å². The molecule has 0 atom stereocenters. The van der Waals surface area contributed by atoms with E-state index in [1.165, 1.54) is 12.1 Å². The largest absolute Gasteiger partial charge is 0.484 e. The van der Waals surface area contributed by atoms with Crippen LogP contribution < -0.4 is 20.3 Å². The normalized spacial score (nSPS) is 13.8. The van der Waals surface area contributed by atoms with Crippen molar-refractivity contribution in [3.63, 3.8) is 0 Å². The average Bonchev–Trinajstić information content (AvgIpc) is 2.88. The van der Waals surface area contributed by atoms with Gasteiger partial charge in [-0.1, -0.05) is 30.7 Å². The number of hydrogen-bond donors (Lipinski definition) is 2. The number of nitrogens with one attached hydrogen (secondary N) is 2. The van der Waals surface area contributed by atoms with Crippen LogP contribution in [0.25, 0.3) is 0 Å².